The van der Waals surface area contributed by atoms with Crippen molar-refractivity contribution in [1.82, 2.24) is 10.6 Å². The Morgan fingerprint density at radius 3 is 2.20 bits per heavy atom. The van der Waals surface area contributed by atoms with Crippen LogP contribution < -0.4 is 10.6 Å². The minimum Gasteiger partial charge on any atom is -0.352 e. The van der Waals surface area contributed by atoms with Gasteiger partial charge in [-0.15, -0.1) is 0 Å². The molecule has 0 bridgehead atoms. The van der Waals surface area contributed by atoms with Crippen LogP contribution in [0, 0.1) is 5.82 Å². The van der Waals surface area contributed by atoms with Crippen molar-refractivity contribution >= 4 is 5.91 Å². The lowest BCUT2D eigenvalue weighted by Gasteiger charge is -2.47. The maximum absolute atomic E-state index is 14.5. The molecule has 138 valence electrons. The summed E-state index contributed by atoms with van der Waals surface area (Å²) in [4.78, 5) is 13.3. The van der Waals surface area contributed by atoms with E-state index in [2.05, 4.69) is 38.3 Å². The average molecular weight is 346 g/mol. The van der Waals surface area contributed by atoms with Crippen LogP contribution in [0.25, 0.3) is 0 Å². The van der Waals surface area contributed by atoms with Crippen molar-refractivity contribution in [3.8, 4) is 0 Å². The molecule has 1 heterocycles. The van der Waals surface area contributed by atoms with E-state index in [0.717, 1.165) is 38.5 Å². The lowest BCUT2D eigenvalue weighted by atomic mass is 9.75. The molecule has 2 fully saturated rings. The highest BCUT2D eigenvalue weighted by Gasteiger charge is 2.46. The van der Waals surface area contributed by atoms with Gasteiger partial charge in [-0.1, -0.05) is 31.0 Å². The van der Waals surface area contributed by atoms with Crippen LogP contribution in [0.5, 0.6) is 0 Å². The Balaban J connectivity index is 1.84. The highest BCUT2D eigenvalue weighted by molar-refractivity contribution is 5.89. The van der Waals surface area contributed by atoms with Gasteiger partial charge in [-0.05, 0) is 59.4 Å². The van der Waals surface area contributed by atoms with E-state index in [1.165, 1.54) is 6.07 Å². The van der Waals surface area contributed by atoms with Gasteiger partial charge in [0.15, 0.2) is 0 Å². The Labute approximate surface area is 150 Å². The first-order valence-electron chi connectivity index (χ1n) is 9.49. The van der Waals surface area contributed by atoms with Crippen molar-refractivity contribution in [2.45, 2.75) is 88.8 Å². The van der Waals surface area contributed by atoms with E-state index < -0.39 is 5.41 Å². The minimum absolute atomic E-state index is 0.00796. The molecule has 3 nitrogen and oxygen atoms in total. The zero-order chi connectivity index (χ0) is 18.3. The van der Waals surface area contributed by atoms with Crippen LogP contribution in [0.4, 0.5) is 4.39 Å². The predicted molar refractivity (Wildman–Crippen MR) is 99.0 cm³/mol. The second-order valence-electron chi connectivity index (χ2n) is 9.24. The highest BCUT2D eigenvalue weighted by Crippen LogP contribution is 2.43. The number of benzene rings is 1. The van der Waals surface area contributed by atoms with E-state index in [1.807, 2.05) is 6.07 Å². The van der Waals surface area contributed by atoms with Gasteiger partial charge in [-0.2, -0.15) is 0 Å². The van der Waals surface area contributed by atoms with Crippen LogP contribution in [0.15, 0.2) is 24.3 Å². The van der Waals surface area contributed by atoms with Gasteiger partial charge in [0.05, 0.1) is 5.41 Å². The SMILES string of the molecule is CC1(C)CC(NC(=O)C2(c3ccccc3F)CCCC2)CC(C)(C)N1. The lowest BCUT2D eigenvalue weighted by molar-refractivity contribution is -0.128. The molecule has 0 radical (unpaired) electrons. The van der Waals surface area contributed by atoms with E-state index in [4.69, 9.17) is 0 Å². The molecule has 0 spiro atoms. The summed E-state index contributed by atoms with van der Waals surface area (Å²) in [5.41, 5.74) is -0.191. The lowest BCUT2D eigenvalue weighted by Crippen LogP contribution is -2.63. The third-order valence-corrected chi connectivity index (χ3v) is 5.81. The molecule has 2 aliphatic rings. The quantitative estimate of drug-likeness (QED) is 0.866. The summed E-state index contributed by atoms with van der Waals surface area (Å²) >= 11 is 0. The van der Waals surface area contributed by atoms with Gasteiger partial charge < -0.3 is 10.6 Å². The van der Waals surface area contributed by atoms with Crippen LogP contribution in [-0.2, 0) is 10.2 Å². The molecule has 1 aromatic carbocycles. The third-order valence-electron chi connectivity index (χ3n) is 5.81. The molecule has 1 amide bonds. The average Bonchev–Trinajstić information content (AvgIpc) is 2.95. The van der Waals surface area contributed by atoms with Gasteiger partial charge in [-0.25, -0.2) is 4.39 Å². The number of carbonyl (C=O) groups excluding carboxylic acids is 1. The molecular weight excluding hydrogens is 315 g/mol. The normalized spacial score (nSPS) is 24.8. The largest absolute Gasteiger partial charge is 0.352 e. The fourth-order valence-corrected chi connectivity index (χ4v) is 5.19. The Morgan fingerprint density at radius 2 is 1.64 bits per heavy atom. The van der Waals surface area contributed by atoms with Gasteiger partial charge in [0.2, 0.25) is 5.91 Å². The van der Waals surface area contributed by atoms with Gasteiger partial charge >= 0.3 is 0 Å². The first-order chi connectivity index (χ1) is 11.6. The van der Waals surface area contributed by atoms with Crippen molar-refractivity contribution in [3.63, 3.8) is 0 Å². The summed E-state index contributed by atoms with van der Waals surface area (Å²) in [6.45, 7) is 8.70. The summed E-state index contributed by atoms with van der Waals surface area (Å²) in [5, 5.41) is 6.94. The number of hydrogen-bond donors (Lipinski definition) is 2. The van der Waals surface area contributed by atoms with Crippen LogP contribution in [0.3, 0.4) is 0 Å². The van der Waals surface area contributed by atoms with Crippen LogP contribution in [0.2, 0.25) is 0 Å². The van der Waals surface area contributed by atoms with E-state index in [0.29, 0.717) is 5.56 Å². The Kier molecular flexibility index (Phi) is 4.69. The van der Waals surface area contributed by atoms with Crippen LogP contribution in [-0.4, -0.2) is 23.0 Å². The number of halogens is 1. The maximum Gasteiger partial charge on any atom is 0.230 e. The van der Waals surface area contributed by atoms with Gasteiger partial charge in [-0.3, -0.25) is 4.79 Å². The van der Waals surface area contributed by atoms with E-state index in [1.54, 1.807) is 12.1 Å². The molecule has 1 aromatic rings. The highest BCUT2D eigenvalue weighted by atomic mass is 19.1. The summed E-state index contributed by atoms with van der Waals surface area (Å²) in [6.07, 6.45) is 5.19. The Hall–Kier alpha value is -1.42. The number of nitrogens with one attached hydrogen (secondary N) is 2. The van der Waals surface area contributed by atoms with Crippen molar-refractivity contribution < 1.29 is 9.18 Å². The fourth-order valence-electron chi connectivity index (χ4n) is 5.19. The van der Waals surface area contributed by atoms with E-state index >= 15 is 0 Å². The van der Waals surface area contributed by atoms with Crippen molar-refractivity contribution in [2.75, 3.05) is 0 Å². The van der Waals surface area contributed by atoms with Crippen LogP contribution in [0.1, 0.15) is 71.8 Å². The Bertz CT molecular complexity index is 631. The monoisotopic (exact) mass is 346 g/mol. The second-order valence-corrected chi connectivity index (χ2v) is 9.24. The zero-order valence-electron chi connectivity index (χ0n) is 15.9. The third kappa shape index (κ3) is 3.74. The molecule has 1 aliphatic carbocycles. The van der Waals surface area contributed by atoms with E-state index in [-0.39, 0.29) is 28.8 Å². The molecule has 2 N–H and O–H groups in total. The molecule has 25 heavy (non-hydrogen) atoms. The van der Waals surface area contributed by atoms with Crippen molar-refractivity contribution in [2.24, 2.45) is 0 Å². The number of rotatable bonds is 3. The van der Waals surface area contributed by atoms with Crippen LogP contribution >= 0.6 is 0 Å². The number of carbonyl (C=O) groups is 1. The second kappa shape index (κ2) is 6.39. The molecule has 4 heteroatoms. The van der Waals surface area contributed by atoms with Crippen molar-refractivity contribution in [1.29, 1.82) is 0 Å². The topological polar surface area (TPSA) is 41.1 Å². The molecular formula is C21H31FN2O. The van der Waals surface area contributed by atoms with Gasteiger partial charge in [0.25, 0.3) is 0 Å². The predicted octanol–water partition coefficient (Wildman–Crippen LogP) is 4.06. The first-order valence-corrected chi connectivity index (χ1v) is 9.49. The summed E-state index contributed by atoms with van der Waals surface area (Å²) in [6, 6.07) is 6.90. The van der Waals surface area contributed by atoms with Gasteiger partial charge in [0.1, 0.15) is 5.82 Å². The number of piperidine rings is 1. The molecule has 1 saturated carbocycles. The summed E-state index contributed by atoms with van der Waals surface area (Å²) in [5.74, 6) is -0.251. The standard InChI is InChI=1S/C21H31FN2O/c1-19(2)13-15(14-20(3,4)24-19)23-18(25)21(11-7-8-12-21)16-9-5-6-10-17(16)22/h5-6,9-10,15,24H,7-8,11-14H2,1-4H3,(H,23,25). The van der Waals surface area contributed by atoms with E-state index in [9.17, 15) is 9.18 Å². The summed E-state index contributed by atoms with van der Waals surface area (Å²) < 4.78 is 14.5. The molecule has 0 atom stereocenters. The minimum atomic E-state index is -0.704. The fraction of sp³-hybridized carbons (Fsp3) is 0.667. The first kappa shape index (κ1) is 18.4. The smallest absolute Gasteiger partial charge is 0.230 e. The van der Waals surface area contributed by atoms with Gasteiger partial charge in [0, 0.05) is 22.7 Å². The molecule has 0 aromatic heterocycles. The molecule has 1 saturated heterocycles. The number of amides is 1. The molecule has 3 rings (SSSR count). The summed E-state index contributed by atoms with van der Waals surface area (Å²) in [7, 11) is 0. The Morgan fingerprint density at radius 1 is 1.08 bits per heavy atom. The molecule has 1 aliphatic heterocycles. The molecule has 0 unspecified atom stereocenters. The maximum atomic E-state index is 14.5. The number of hydrogen-bond acceptors (Lipinski definition) is 2. The van der Waals surface area contributed by atoms with Crippen molar-refractivity contribution in [3.05, 3.63) is 35.6 Å². The zero-order valence-corrected chi connectivity index (χ0v) is 15.9.